The first-order valence-electron chi connectivity index (χ1n) is 9.76. The normalized spacial score (nSPS) is 32.8. The molecule has 0 amide bonds. The van der Waals surface area contributed by atoms with E-state index in [0.717, 1.165) is 23.7 Å². The summed E-state index contributed by atoms with van der Waals surface area (Å²) >= 11 is 0. The summed E-state index contributed by atoms with van der Waals surface area (Å²) in [5.74, 6) is 4.15. The highest BCUT2D eigenvalue weighted by molar-refractivity contribution is 5.21. The van der Waals surface area contributed by atoms with Crippen molar-refractivity contribution < 1.29 is 0 Å². The van der Waals surface area contributed by atoms with E-state index in [0.29, 0.717) is 0 Å². The summed E-state index contributed by atoms with van der Waals surface area (Å²) in [5, 5.41) is 0. The van der Waals surface area contributed by atoms with Gasteiger partial charge in [0, 0.05) is 0 Å². The Morgan fingerprint density at radius 2 is 1.32 bits per heavy atom. The molecule has 0 unspecified atom stereocenters. The Morgan fingerprint density at radius 1 is 0.773 bits per heavy atom. The third kappa shape index (κ3) is 4.37. The summed E-state index contributed by atoms with van der Waals surface area (Å²) in [7, 11) is 0. The third-order valence-corrected chi connectivity index (χ3v) is 6.58. The van der Waals surface area contributed by atoms with Gasteiger partial charge in [0.25, 0.3) is 0 Å². The lowest BCUT2D eigenvalue weighted by atomic mass is 9.69. The molecule has 2 aliphatic carbocycles. The maximum Gasteiger partial charge on any atom is -0.0276 e. The van der Waals surface area contributed by atoms with E-state index >= 15 is 0 Å². The molecule has 0 radical (unpaired) electrons. The van der Waals surface area contributed by atoms with Crippen LogP contribution in [-0.4, -0.2) is 0 Å². The number of hydrogen-bond donors (Lipinski definition) is 0. The van der Waals surface area contributed by atoms with E-state index in [9.17, 15) is 0 Å². The second-order valence-corrected chi connectivity index (χ2v) is 8.33. The zero-order valence-corrected chi connectivity index (χ0v) is 14.7. The first-order valence-corrected chi connectivity index (χ1v) is 9.76. The van der Waals surface area contributed by atoms with Crippen LogP contribution < -0.4 is 0 Å². The van der Waals surface area contributed by atoms with E-state index in [1.54, 1.807) is 0 Å². The van der Waals surface area contributed by atoms with Crippen LogP contribution in [0.2, 0.25) is 0 Å². The van der Waals surface area contributed by atoms with Crippen molar-refractivity contribution in [3.8, 4) is 0 Å². The van der Waals surface area contributed by atoms with Gasteiger partial charge in [-0.3, -0.25) is 0 Å². The van der Waals surface area contributed by atoms with E-state index in [1.807, 2.05) is 0 Å². The largest absolute Gasteiger partial charge is 0.0625 e. The van der Waals surface area contributed by atoms with Gasteiger partial charge in [-0.25, -0.2) is 0 Å². The van der Waals surface area contributed by atoms with Gasteiger partial charge >= 0.3 is 0 Å². The Balaban J connectivity index is 1.39. The van der Waals surface area contributed by atoms with Gasteiger partial charge < -0.3 is 0 Å². The molecule has 2 saturated carbocycles. The SMILES string of the molecule is Cc1ccc(CCC2CCC(C3CCC(C)CC3)CC2)cc1. The zero-order chi connectivity index (χ0) is 15.4. The van der Waals surface area contributed by atoms with E-state index in [1.165, 1.54) is 75.3 Å². The summed E-state index contributed by atoms with van der Waals surface area (Å²) in [6, 6.07) is 9.17. The van der Waals surface area contributed by atoms with Crippen molar-refractivity contribution >= 4 is 0 Å². The van der Waals surface area contributed by atoms with Gasteiger partial charge in [-0.05, 0) is 74.7 Å². The van der Waals surface area contributed by atoms with Gasteiger partial charge in [-0.2, -0.15) is 0 Å². The molecular weight excluding hydrogens is 264 g/mol. The topological polar surface area (TPSA) is 0 Å². The predicted molar refractivity (Wildman–Crippen MR) is 96.1 cm³/mol. The molecule has 22 heavy (non-hydrogen) atoms. The first kappa shape index (κ1) is 16.1. The molecule has 2 aliphatic rings. The molecule has 0 heteroatoms. The molecule has 0 atom stereocenters. The van der Waals surface area contributed by atoms with Gasteiger partial charge in [0.1, 0.15) is 0 Å². The molecule has 0 saturated heterocycles. The molecule has 122 valence electrons. The minimum atomic E-state index is 1.00. The quantitative estimate of drug-likeness (QED) is 0.590. The Morgan fingerprint density at radius 3 is 1.91 bits per heavy atom. The van der Waals surface area contributed by atoms with Crippen molar-refractivity contribution in [3.63, 3.8) is 0 Å². The molecule has 0 aromatic heterocycles. The molecular formula is C22H34. The fourth-order valence-electron chi connectivity index (χ4n) is 4.83. The van der Waals surface area contributed by atoms with Crippen molar-refractivity contribution in [1.29, 1.82) is 0 Å². The fraction of sp³-hybridized carbons (Fsp3) is 0.727. The van der Waals surface area contributed by atoms with Gasteiger partial charge in [0.2, 0.25) is 0 Å². The summed E-state index contributed by atoms with van der Waals surface area (Å²) in [6.07, 6.45) is 14.8. The van der Waals surface area contributed by atoms with E-state index in [2.05, 4.69) is 38.1 Å². The van der Waals surface area contributed by atoms with Crippen LogP contribution in [0.15, 0.2) is 24.3 Å². The molecule has 0 aliphatic heterocycles. The maximum absolute atomic E-state index is 2.44. The second-order valence-electron chi connectivity index (χ2n) is 8.33. The molecule has 2 fully saturated rings. The fourth-order valence-corrected chi connectivity index (χ4v) is 4.83. The van der Waals surface area contributed by atoms with Crippen LogP contribution in [0, 0.1) is 30.6 Å². The van der Waals surface area contributed by atoms with Crippen molar-refractivity contribution in [3.05, 3.63) is 35.4 Å². The Labute approximate surface area is 137 Å². The number of benzene rings is 1. The summed E-state index contributed by atoms with van der Waals surface area (Å²) in [5.41, 5.74) is 2.92. The smallest absolute Gasteiger partial charge is 0.0276 e. The maximum atomic E-state index is 2.44. The van der Waals surface area contributed by atoms with Gasteiger partial charge in [0.05, 0.1) is 0 Å². The highest BCUT2D eigenvalue weighted by Gasteiger charge is 2.29. The third-order valence-electron chi connectivity index (χ3n) is 6.58. The molecule has 0 nitrogen and oxygen atoms in total. The van der Waals surface area contributed by atoms with E-state index in [4.69, 9.17) is 0 Å². The van der Waals surface area contributed by atoms with E-state index in [-0.39, 0.29) is 0 Å². The van der Waals surface area contributed by atoms with Crippen LogP contribution in [0.1, 0.15) is 75.8 Å². The van der Waals surface area contributed by atoms with Crippen LogP contribution in [0.25, 0.3) is 0 Å². The standard InChI is InChI=1S/C22H34/c1-17-3-7-19(8-4-17)9-10-20-11-15-22(16-12-20)21-13-5-18(2)6-14-21/h3-4,7-8,18,20-22H,5-6,9-16H2,1-2H3. The van der Waals surface area contributed by atoms with Gasteiger partial charge in [-0.1, -0.05) is 62.4 Å². The zero-order valence-electron chi connectivity index (χ0n) is 14.7. The van der Waals surface area contributed by atoms with Crippen molar-refractivity contribution in [2.45, 2.75) is 78.1 Å². The molecule has 0 bridgehead atoms. The van der Waals surface area contributed by atoms with Gasteiger partial charge in [-0.15, -0.1) is 0 Å². The molecule has 0 spiro atoms. The van der Waals surface area contributed by atoms with Crippen LogP contribution in [0.3, 0.4) is 0 Å². The lowest BCUT2D eigenvalue weighted by Gasteiger charge is -2.37. The highest BCUT2D eigenvalue weighted by Crippen LogP contribution is 2.42. The monoisotopic (exact) mass is 298 g/mol. The van der Waals surface area contributed by atoms with E-state index < -0.39 is 0 Å². The van der Waals surface area contributed by atoms with Crippen molar-refractivity contribution in [2.75, 3.05) is 0 Å². The average molecular weight is 299 g/mol. The number of aryl methyl sites for hydroxylation is 2. The highest BCUT2D eigenvalue weighted by atomic mass is 14.3. The lowest BCUT2D eigenvalue weighted by Crippen LogP contribution is -2.25. The molecule has 0 heterocycles. The Hall–Kier alpha value is -0.780. The van der Waals surface area contributed by atoms with Crippen LogP contribution in [0.4, 0.5) is 0 Å². The minimum Gasteiger partial charge on any atom is -0.0625 e. The second kappa shape index (κ2) is 7.66. The first-order chi connectivity index (χ1) is 10.7. The van der Waals surface area contributed by atoms with Crippen LogP contribution in [-0.2, 0) is 6.42 Å². The summed E-state index contributed by atoms with van der Waals surface area (Å²) in [4.78, 5) is 0. The summed E-state index contributed by atoms with van der Waals surface area (Å²) < 4.78 is 0. The van der Waals surface area contributed by atoms with Crippen molar-refractivity contribution in [1.82, 2.24) is 0 Å². The number of hydrogen-bond acceptors (Lipinski definition) is 0. The number of rotatable bonds is 4. The van der Waals surface area contributed by atoms with Crippen LogP contribution >= 0.6 is 0 Å². The van der Waals surface area contributed by atoms with Crippen LogP contribution in [0.5, 0.6) is 0 Å². The Bertz CT molecular complexity index is 428. The predicted octanol–water partition coefficient (Wildman–Crippen LogP) is 6.56. The molecule has 3 rings (SSSR count). The molecule has 1 aromatic carbocycles. The average Bonchev–Trinajstić information content (AvgIpc) is 2.56. The van der Waals surface area contributed by atoms with Crippen molar-refractivity contribution in [2.24, 2.45) is 23.7 Å². The minimum absolute atomic E-state index is 1.00. The molecule has 0 N–H and O–H groups in total. The molecule has 1 aromatic rings. The van der Waals surface area contributed by atoms with Gasteiger partial charge in [0.15, 0.2) is 0 Å². The Kier molecular flexibility index (Phi) is 5.61. The summed E-state index contributed by atoms with van der Waals surface area (Å²) in [6.45, 7) is 4.62. The lowest BCUT2D eigenvalue weighted by molar-refractivity contribution is 0.148.